The predicted molar refractivity (Wildman–Crippen MR) is 95.9 cm³/mol. The van der Waals surface area contributed by atoms with Crippen LogP contribution in [0.15, 0.2) is 42.6 Å². The van der Waals surface area contributed by atoms with E-state index in [1.54, 1.807) is 12.1 Å². The fraction of sp³-hybridized carbons (Fsp3) is 0.263. The van der Waals surface area contributed by atoms with Crippen LogP contribution in [0.3, 0.4) is 0 Å². The lowest BCUT2D eigenvalue weighted by Crippen LogP contribution is -2.15. The van der Waals surface area contributed by atoms with Gasteiger partial charge in [-0.15, -0.1) is 0 Å². The molecule has 122 valence electrons. The summed E-state index contributed by atoms with van der Waals surface area (Å²) in [6.07, 6.45) is 6.87. The maximum Gasteiger partial charge on any atom is 0.248 e. The summed E-state index contributed by atoms with van der Waals surface area (Å²) < 4.78 is 0. The predicted octanol–water partition coefficient (Wildman–Crippen LogP) is 3.68. The second kappa shape index (κ2) is 6.00. The van der Waals surface area contributed by atoms with Crippen molar-refractivity contribution in [3.63, 3.8) is 0 Å². The molecule has 1 fully saturated rings. The minimum atomic E-state index is -0.411. The zero-order valence-electron chi connectivity index (χ0n) is 13.4. The van der Waals surface area contributed by atoms with E-state index in [0.717, 1.165) is 28.0 Å². The number of nitrogens with one attached hydrogen (secondary N) is 2. The minimum Gasteiger partial charge on any atom is -0.367 e. The van der Waals surface area contributed by atoms with E-state index >= 15 is 0 Å². The van der Waals surface area contributed by atoms with Crippen molar-refractivity contribution in [3.8, 4) is 11.1 Å². The summed E-state index contributed by atoms with van der Waals surface area (Å²) in [5.41, 5.74) is 8.85. The van der Waals surface area contributed by atoms with E-state index in [0.29, 0.717) is 11.6 Å². The molecule has 4 rings (SSSR count). The van der Waals surface area contributed by atoms with E-state index in [-0.39, 0.29) is 0 Å². The summed E-state index contributed by atoms with van der Waals surface area (Å²) in [5, 5.41) is 4.63. The topological polar surface area (TPSA) is 83.8 Å². The Hall–Kier alpha value is -2.82. The minimum absolute atomic E-state index is 0.411. The van der Waals surface area contributed by atoms with E-state index in [9.17, 15) is 4.79 Å². The normalized spacial score (nSPS) is 15.0. The first-order valence-electron chi connectivity index (χ1n) is 8.35. The van der Waals surface area contributed by atoms with Gasteiger partial charge in [-0.1, -0.05) is 25.0 Å². The van der Waals surface area contributed by atoms with Crippen LogP contribution < -0.4 is 11.1 Å². The van der Waals surface area contributed by atoms with Crippen LogP contribution in [-0.4, -0.2) is 21.9 Å². The SMILES string of the molecule is NC(=O)c1ccc(-c2cc(NC3CCCC3)nc3[nH]ccc23)cc1. The molecule has 0 saturated heterocycles. The number of amides is 1. The van der Waals surface area contributed by atoms with Gasteiger partial charge in [0.05, 0.1) is 0 Å². The number of nitrogens with two attached hydrogens (primary N) is 1. The van der Waals surface area contributed by atoms with Gasteiger partial charge >= 0.3 is 0 Å². The van der Waals surface area contributed by atoms with Gasteiger partial charge in [-0.3, -0.25) is 4.79 Å². The number of carbonyl (C=O) groups excluding carboxylic acids is 1. The molecule has 5 heteroatoms. The summed E-state index contributed by atoms with van der Waals surface area (Å²) in [7, 11) is 0. The Morgan fingerprint density at radius 1 is 1.17 bits per heavy atom. The molecule has 1 saturated carbocycles. The van der Waals surface area contributed by atoms with Crippen molar-refractivity contribution in [1.29, 1.82) is 0 Å². The molecule has 1 aromatic carbocycles. The van der Waals surface area contributed by atoms with E-state index in [1.807, 2.05) is 24.4 Å². The summed E-state index contributed by atoms with van der Waals surface area (Å²) in [5.74, 6) is 0.484. The first-order valence-corrected chi connectivity index (χ1v) is 8.35. The number of anilines is 1. The van der Waals surface area contributed by atoms with Gasteiger partial charge in [0, 0.05) is 23.2 Å². The number of benzene rings is 1. The highest BCUT2D eigenvalue weighted by atomic mass is 16.1. The van der Waals surface area contributed by atoms with Crippen LogP contribution in [0, 0.1) is 0 Å². The molecule has 0 spiro atoms. The third kappa shape index (κ3) is 2.73. The Kier molecular flexibility index (Phi) is 3.69. The molecule has 0 aliphatic heterocycles. The quantitative estimate of drug-likeness (QED) is 0.685. The first-order chi connectivity index (χ1) is 11.7. The van der Waals surface area contributed by atoms with Crippen LogP contribution in [0.4, 0.5) is 5.82 Å². The molecule has 4 N–H and O–H groups in total. The fourth-order valence-electron chi connectivity index (χ4n) is 3.44. The number of aromatic amines is 1. The number of rotatable bonds is 4. The molecule has 1 aliphatic rings. The van der Waals surface area contributed by atoms with Gasteiger partial charge < -0.3 is 16.0 Å². The summed E-state index contributed by atoms with van der Waals surface area (Å²) in [4.78, 5) is 19.2. The molecule has 5 nitrogen and oxygen atoms in total. The number of hydrogen-bond donors (Lipinski definition) is 3. The molecular formula is C19H20N4O. The van der Waals surface area contributed by atoms with Crippen LogP contribution in [-0.2, 0) is 0 Å². The Balaban J connectivity index is 1.75. The van der Waals surface area contributed by atoms with Crippen LogP contribution in [0.2, 0.25) is 0 Å². The molecule has 1 amide bonds. The van der Waals surface area contributed by atoms with Gasteiger partial charge in [0.2, 0.25) is 5.91 Å². The number of carbonyl (C=O) groups is 1. The van der Waals surface area contributed by atoms with Crippen molar-refractivity contribution in [2.24, 2.45) is 5.73 Å². The Morgan fingerprint density at radius 2 is 1.92 bits per heavy atom. The largest absolute Gasteiger partial charge is 0.367 e. The van der Waals surface area contributed by atoms with Crippen LogP contribution in [0.5, 0.6) is 0 Å². The van der Waals surface area contributed by atoms with Crippen LogP contribution in [0.25, 0.3) is 22.2 Å². The summed E-state index contributed by atoms with van der Waals surface area (Å²) >= 11 is 0. The molecule has 0 unspecified atom stereocenters. The van der Waals surface area contributed by atoms with E-state index in [4.69, 9.17) is 5.73 Å². The molecule has 3 aromatic rings. The zero-order chi connectivity index (χ0) is 16.5. The number of aromatic nitrogens is 2. The van der Waals surface area contributed by atoms with Gasteiger partial charge in [0.15, 0.2) is 0 Å². The zero-order valence-corrected chi connectivity index (χ0v) is 13.4. The third-order valence-electron chi connectivity index (χ3n) is 4.72. The fourth-order valence-corrected chi connectivity index (χ4v) is 3.44. The maximum absolute atomic E-state index is 11.3. The Morgan fingerprint density at radius 3 is 2.62 bits per heavy atom. The van der Waals surface area contributed by atoms with Gasteiger partial charge in [0.1, 0.15) is 11.5 Å². The van der Waals surface area contributed by atoms with Crippen molar-refractivity contribution in [2.45, 2.75) is 31.7 Å². The molecule has 2 heterocycles. The lowest BCUT2D eigenvalue weighted by atomic mass is 10.0. The van der Waals surface area contributed by atoms with E-state index in [2.05, 4.69) is 21.4 Å². The van der Waals surface area contributed by atoms with Crippen molar-refractivity contribution in [2.75, 3.05) is 5.32 Å². The average molecular weight is 320 g/mol. The second-order valence-corrected chi connectivity index (χ2v) is 6.36. The molecular weight excluding hydrogens is 300 g/mol. The smallest absolute Gasteiger partial charge is 0.248 e. The van der Waals surface area contributed by atoms with Crippen molar-refractivity contribution >= 4 is 22.8 Å². The lowest BCUT2D eigenvalue weighted by molar-refractivity contribution is 0.100. The standard InChI is InChI=1S/C19H20N4O/c20-18(24)13-7-5-12(6-8-13)16-11-17(22-14-3-1-2-4-14)23-19-15(16)9-10-21-19/h5-11,14H,1-4H2,(H2,20,24)(H2,21,22,23). The van der Waals surface area contributed by atoms with Gasteiger partial charge in [-0.2, -0.15) is 0 Å². The highest BCUT2D eigenvalue weighted by Crippen LogP contribution is 2.31. The summed E-state index contributed by atoms with van der Waals surface area (Å²) in [6.45, 7) is 0. The van der Waals surface area contributed by atoms with Crippen LogP contribution >= 0.6 is 0 Å². The Bertz CT molecular complexity index is 876. The average Bonchev–Trinajstić information content (AvgIpc) is 3.25. The summed E-state index contributed by atoms with van der Waals surface area (Å²) in [6, 6.07) is 12.0. The molecule has 0 atom stereocenters. The van der Waals surface area contributed by atoms with E-state index in [1.165, 1.54) is 25.7 Å². The molecule has 24 heavy (non-hydrogen) atoms. The van der Waals surface area contributed by atoms with Crippen molar-refractivity contribution < 1.29 is 4.79 Å². The van der Waals surface area contributed by atoms with Crippen molar-refractivity contribution in [3.05, 3.63) is 48.2 Å². The molecule has 2 aromatic heterocycles. The molecule has 0 radical (unpaired) electrons. The van der Waals surface area contributed by atoms with Gasteiger partial charge in [0.25, 0.3) is 0 Å². The number of fused-ring (bicyclic) bond motifs is 1. The second-order valence-electron chi connectivity index (χ2n) is 6.36. The Labute approximate surface area is 140 Å². The van der Waals surface area contributed by atoms with Crippen molar-refractivity contribution in [1.82, 2.24) is 9.97 Å². The number of pyridine rings is 1. The first kappa shape index (κ1) is 14.8. The maximum atomic E-state index is 11.3. The van der Waals surface area contributed by atoms with Gasteiger partial charge in [-0.25, -0.2) is 4.98 Å². The van der Waals surface area contributed by atoms with Crippen LogP contribution in [0.1, 0.15) is 36.0 Å². The monoisotopic (exact) mass is 320 g/mol. The van der Waals surface area contributed by atoms with E-state index < -0.39 is 5.91 Å². The number of hydrogen-bond acceptors (Lipinski definition) is 3. The van der Waals surface area contributed by atoms with Gasteiger partial charge in [-0.05, 0) is 48.2 Å². The number of primary amides is 1. The lowest BCUT2D eigenvalue weighted by Gasteiger charge is -2.14. The highest BCUT2D eigenvalue weighted by Gasteiger charge is 2.16. The third-order valence-corrected chi connectivity index (χ3v) is 4.72. The molecule has 0 bridgehead atoms. The number of nitrogens with zero attached hydrogens (tertiary/aromatic N) is 1. The highest BCUT2D eigenvalue weighted by molar-refractivity contribution is 5.96. The molecule has 1 aliphatic carbocycles. The number of H-pyrrole nitrogens is 1.